The van der Waals surface area contributed by atoms with Gasteiger partial charge in [-0.1, -0.05) is 30.4 Å². The van der Waals surface area contributed by atoms with Crippen molar-refractivity contribution in [1.29, 1.82) is 0 Å². The summed E-state index contributed by atoms with van der Waals surface area (Å²) in [4.78, 5) is 39.0. The monoisotopic (exact) mass is 702 g/mol. The van der Waals surface area contributed by atoms with E-state index in [4.69, 9.17) is 28.8 Å². The number of ether oxygens (including phenoxy) is 5. The van der Waals surface area contributed by atoms with Crippen molar-refractivity contribution in [2.45, 2.75) is 93.3 Å². The van der Waals surface area contributed by atoms with Gasteiger partial charge in [-0.2, -0.15) is 0 Å². The maximum absolute atomic E-state index is 13.8. The molecule has 2 saturated carbocycles. The molecule has 7 N–H and O–H groups in total. The van der Waals surface area contributed by atoms with Crippen molar-refractivity contribution in [2.75, 3.05) is 32.9 Å². The lowest BCUT2D eigenvalue weighted by Crippen LogP contribution is -2.59. The van der Waals surface area contributed by atoms with E-state index in [0.717, 1.165) is 25.7 Å². The van der Waals surface area contributed by atoms with Crippen LogP contribution in [-0.2, 0) is 33.3 Å². The van der Waals surface area contributed by atoms with Crippen LogP contribution in [0.4, 0.5) is 0 Å². The summed E-state index contributed by atoms with van der Waals surface area (Å²) in [5.41, 5.74) is 1.12. The number of rotatable bonds is 15. The molecule has 2 heterocycles. The van der Waals surface area contributed by atoms with Crippen molar-refractivity contribution >= 4 is 23.9 Å². The smallest absolute Gasteiger partial charge is 0.339 e. The number of aliphatic hydroxyl groups excluding tert-OH is 5. The first-order valence-corrected chi connectivity index (χ1v) is 17.3. The molecule has 50 heavy (non-hydrogen) atoms. The molecule has 0 bridgehead atoms. The number of carbonyl (C=O) groups is 3. The fourth-order valence-electron chi connectivity index (χ4n) is 6.82. The zero-order valence-corrected chi connectivity index (χ0v) is 27.6. The summed E-state index contributed by atoms with van der Waals surface area (Å²) in [5.74, 6) is -1.61. The second kappa shape index (κ2) is 16.0. The predicted molar refractivity (Wildman–Crippen MR) is 173 cm³/mol. The SMILES string of the molecule is O=C(CCNC(=O)C1=C[C@H]2OC(C3CC3)(C3CC3)O[C@H]2[C@H](OC(=O)c2ccccc2C=CCO[C@H]2O[C@H](CO)[C@H](O)[C@H](O)[C@H]2O)C1)NCCO. The Balaban J connectivity index is 1.12. The van der Waals surface area contributed by atoms with Gasteiger partial charge in [0.25, 0.3) is 0 Å². The average molecular weight is 703 g/mol. The molecule has 15 nitrogen and oxygen atoms in total. The molecular weight excluding hydrogens is 656 g/mol. The molecule has 0 aromatic heterocycles. The molecule has 274 valence electrons. The number of fused-ring (bicyclic) bond motifs is 1. The van der Waals surface area contributed by atoms with Gasteiger partial charge in [-0.15, -0.1) is 0 Å². The van der Waals surface area contributed by atoms with E-state index in [2.05, 4.69) is 10.6 Å². The van der Waals surface area contributed by atoms with Gasteiger partial charge >= 0.3 is 5.97 Å². The molecule has 3 aliphatic carbocycles. The van der Waals surface area contributed by atoms with Crippen LogP contribution in [0.2, 0.25) is 0 Å². The number of hydrogen-bond donors (Lipinski definition) is 7. The van der Waals surface area contributed by atoms with Crippen LogP contribution in [0, 0.1) is 11.8 Å². The van der Waals surface area contributed by atoms with Crippen molar-refractivity contribution in [2.24, 2.45) is 11.8 Å². The van der Waals surface area contributed by atoms with E-state index in [0.29, 0.717) is 11.1 Å². The Morgan fingerprint density at radius 1 is 0.940 bits per heavy atom. The fourth-order valence-corrected chi connectivity index (χ4v) is 6.82. The Morgan fingerprint density at radius 3 is 2.38 bits per heavy atom. The number of benzene rings is 1. The Hall–Kier alpha value is -3.25. The lowest BCUT2D eigenvalue weighted by Gasteiger charge is -2.39. The van der Waals surface area contributed by atoms with E-state index in [-0.39, 0.29) is 62.5 Å². The maximum atomic E-state index is 13.8. The van der Waals surface area contributed by atoms with Crippen LogP contribution >= 0.6 is 0 Å². The predicted octanol–water partition coefficient (Wildman–Crippen LogP) is -0.713. The van der Waals surface area contributed by atoms with E-state index in [1.807, 2.05) is 0 Å². The van der Waals surface area contributed by atoms with E-state index < -0.39 is 73.3 Å². The zero-order chi connectivity index (χ0) is 35.4. The topological polar surface area (TPSA) is 223 Å². The molecule has 6 rings (SSSR count). The molecule has 1 aromatic rings. The highest BCUT2D eigenvalue weighted by atomic mass is 16.8. The Bertz CT molecular complexity index is 1430. The highest BCUT2D eigenvalue weighted by molar-refractivity contribution is 5.95. The Kier molecular flexibility index (Phi) is 11.7. The van der Waals surface area contributed by atoms with Crippen molar-refractivity contribution in [3.05, 3.63) is 53.1 Å². The van der Waals surface area contributed by atoms with E-state index in [9.17, 15) is 34.8 Å². The van der Waals surface area contributed by atoms with Crippen LogP contribution in [0.1, 0.15) is 54.4 Å². The fraction of sp³-hybridized carbons (Fsp3) is 0.629. The third kappa shape index (κ3) is 8.11. The number of hydrogen-bond acceptors (Lipinski definition) is 13. The van der Waals surface area contributed by atoms with Crippen molar-refractivity contribution in [1.82, 2.24) is 10.6 Å². The largest absolute Gasteiger partial charge is 0.456 e. The Morgan fingerprint density at radius 2 is 1.68 bits per heavy atom. The van der Waals surface area contributed by atoms with Gasteiger partial charge in [0.1, 0.15) is 42.7 Å². The molecule has 2 saturated heterocycles. The van der Waals surface area contributed by atoms with E-state index in [1.165, 1.54) is 0 Å². The van der Waals surface area contributed by atoms with Gasteiger partial charge in [-0.3, -0.25) is 9.59 Å². The summed E-state index contributed by atoms with van der Waals surface area (Å²) in [6.45, 7) is -0.647. The minimum absolute atomic E-state index is 0.0351. The van der Waals surface area contributed by atoms with Crippen molar-refractivity contribution in [3.63, 3.8) is 0 Å². The van der Waals surface area contributed by atoms with Gasteiger partial charge in [-0.05, 0) is 43.4 Å². The summed E-state index contributed by atoms with van der Waals surface area (Å²) in [5, 5.41) is 53.8. The number of amides is 2. The molecule has 4 fully saturated rings. The highest BCUT2D eigenvalue weighted by Gasteiger charge is 2.64. The molecule has 2 aliphatic heterocycles. The van der Waals surface area contributed by atoms with Crippen LogP contribution in [0.3, 0.4) is 0 Å². The lowest BCUT2D eigenvalue weighted by molar-refractivity contribution is -0.298. The maximum Gasteiger partial charge on any atom is 0.339 e. The first kappa shape index (κ1) is 36.5. The quantitative estimate of drug-likeness (QED) is 0.112. The van der Waals surface area contributed by atoms with Gasteiger partial charge in [0, 0.05) is 43.3 Å². The third-order valence-corrected chi connectivity index (χ3v) is 9.72. The van der Waals surface area contributed by atoms with Gasteiger partial charge in [0.05, 0.1) is 25.4 Å². The average Bonchev–Trinajstić information content (AvgIpc) is 4.06. The summed E-state index contributed by atoms with van der Waals surface area (Å²) in [7, 11) is 0. The summed E-state index contributed by atoms with van der Waals surface area (Å²) < 4.78 is 30.3. The number of nitrogens with one attached hydrogen (secondary N) is 2. The van der Waals surface area contributed by atoms with Crippen LogP contribution in [-0.4, -0.2) is 131 Å². The highest BCUT2D eigenvalue weighted by Crippen LogP contribution is 2.59. The van der Waals surface area contributed by atoms with Crippen LogP contribution in [0.5, 0.6) is 0 Å². The minimum Gasteiger partial charge on any atom is -0.456 e. The van der Waals surface area contributed by atoms with Crippen LogP contribution in [0.15, 0.2) is 42.0 Å². The molecule has 8 atom stereocenters. The third-order valence-electron chi connectivity index (χ3n) is 9.72. The molecular formula is C35H46N2O13. The van der Waals surface area contributed by atoms with E-state index in [1.54, 1.807) is 42.5 Å². The second-order valence-electron chi connectivity index (χ2n) is 13.4. The zero-order valence-electron chi connectivity index (χ0n) is 27.6. The first-order chi connectivity index (χ1) is 24.1. The number of esters is 1. The summed E-state index contributed by atoms with van der Waals surface area (Å²) in [6.07, 6.45) is -0.0804. The Labute approximate surface area is 289 Å². The van der Waals surface area contributed by atoms with Gasteiger partial charge in [0.15, 0.2) is 12.1 Å². The molecule has 0 spiro atoms. The summed E-state index contributed by atoms with van der Waals surface area (Å²) >= 11 is 0. The summed E-state index contributed by atoms with van der Waals surface area (Å²) in [6, 6.07) is 6.75. The van der Waals surface area contributed by atoms with Crippen LogP contribution in [0.25, 0.3) is 6.08 Å². The second-order valence-corrected chi connectivity index (χ2v) is 13.4. The van der Waals surface area contributed by atoms with Crippen molar-refractivity contribution in [3.8, 4) is 0 Å². The van der Waals surface area contributed by atoms with Gasteiger partial charge < -0.3 is 59.9 Å². The molecule has 15 heteroatoms. The molecule has 0 unspecified atom stereocenters. The van der Waals surface area contributed by atoms with E-state index >= 15 is 0 Å². The number of aliphatic hydroxyl groups is 5. The number of carbonyl (C=O) groups excluding carboxylic acids is 3. The first-order valence-electron chi connectivity index (χ1n) is 17.3. The van der Waals surface area contributed by atoms with Gasteiger partial charge in [-0.25, -0.2) is 4.79 Å². The van der Waals surface area contributed by atoms with Gasteiger partial charge in [0.2, 0.25) is 11.8 Å². The minimum atomic E-state index is -1.57. The molecule has 2 amide bonds. The van der Waals surface area contributed by atoms with Crippen LogP contribution < -0.4 is 10.6 Å². The standard InChI is InChI=1S/C35H46N2O13/c38-14-13-36-27(40)11-12-37-32(44)20-16-24(31-25(17-20)49-35(50-31,21-7-8-21)22-9-10-22)47-33(45)23-6-2-1-4-19(23)5-3-15-46-34-30(43)29(42)28(41)26(18-39)48-34/h1-6,17,21-22,24-26,28-31,34,38-39,41-43H,7-16,18H2,(H,36,40)(H,37,44)/t24-,25-,26-,28+,29+,30-,31+,34+/m1/s1. The normalized spacial score (nSPS) is 31.9. The molecule has 5 aliphatic rings. The molecule has 1 aromatic carbocycles. The molecule has 0 radical (unpaired) electrons. The van der Waals surface area contributed by atoms with Crippen molar-refractivity contribution < 1.29 is 63.6 Å². The lowest BCUT2D eigenvalue weighted by atomic mass is 9.91.